The Morgan fingerprint density at radius 2 is 1.41 bits per heavy atom. The minimum Gasteiger partial charge on any atom is -0.368 e. The molecule has 0 unspecified atom stereocenters. The van der Waals surface area contributed by atoms with Crippen LogP contribution in [0.15, 0.2) is 66.7 Å². The number of anilines is 1. The molecule has 3 rings (SSSR count). The van der Waals surface area contributed by atoms with Crippen LogP contribution in [0.2, 0.25) is 0 Å². The van der Waals surface area contributed by atoms with Crippen LogP contribution in [0.4, 0.5) is 5.69 Å². The maximum atomic E-state index is 12.2. The fourth-order valence-electron chi connectivity index (χ4n) is 2.66. The van der Waals surface area contributed by atoms with Gasteiger partial charge in [0.05, 0.1) is 0 Å². The Morgan fingerprint density at radius 1 is 0.818 bits per heavy atom. The molecule has 1 saturated heterocycles. The van der Waals surface area contributed by atoms with Crippen molar-refractivity contribution in [1.82, 2.24) is 4.90 Å². The molecule has 2 aromatic rings. The van der Waals surface area contributed by atoms with Gasteiger partial charge in [-0.1, -0.05) is 48.5 Å². The lowest BCUT2D eigenvalue weighted by molar-refractivity contribution is -0.126. The van der Waals surface area contributed by atoms with E-state index in [1.807, 2.05) is 47.4 Å². The zero-order valence-corrected chi connectivity index (χ0v) is 12.6. The number of carbonyl (C=O) groups is 1. The third-order valence-electron chi connectivity index (χ3n) is 3.93. The van der Waals surface area contributed by atoms with Gasteiger partial charge in [0.2, 0.25) is 5.91 Å². The third kappa shape index (κ3) is 3.55. The van der Waals surface area contributed by atoms with E-state index in [1.165, 1.54) is 5.69 Å². The molecule has 3 heteroatoms. The van der Waals surface area contributed by atoms with Crippen LogP contribution in [-0.4, -0.2) is 37.0 Å². The van der Waals surface area contributed by atoms with Gasteiger partial charge in [-0.25, -0.2) is 0 Å². The number of rotatable bonds is 3. The van der Waals surface area contributed by atoms with Gasteiger partial charge in [0.1, 0.15) is 0 Å². The normalized spacial score (nSPS) is 15.3. The molecule has 0 bridgehead atoms. The van der Waals surface area contributed by atoms with Gasteiger partial charge in [-0.05, 0) is 23.8 Å². The van der Waals surface area contributed by atoms with Crippen molar-refractivity contribution < 1.29 is 4.79 Å². The lowest BCUT2D eigenvalue weighted by Gasteiger charge is -2.35. The number of para-hydroxylation sites is 1. The molecule has 22 heavy (non-hydrogen) atoms. The van der Waals surface area contributed by atoms with Crippen molar-refractivity contribution in [3.8, 4) is 0 Å². The van der Waals surface area contributed by atoms with E-state index in [9.17, 15) is 4.79 Å². The van der Waals surface area contributed by atoms with Crippen LogP contribution in [-0.2, 0) is 4.79 Å². The topological polar surface area (TPSA) is 23.6 Å². The quantitative estimate of drug-likeness (QED) is 0.812. The second kappa shape index (κ2) is 6.94. The minimum atomic E-state index is 0.0940. The maximum absolute atomic E-state index is 12.2. The van der Waals surface area contributed by atoms with Crippen LogP contribution in [0.1, 0.15) is 5.56 Å². The first-order valence-electron chi connectivity index (χ1n) is 7.65. The van der Waals surface area contributed by atoms with E-state index in [-0.39, 0.29) is 5.91 Å². The van der Waals surface area contributed by atoms with Gasteiger partial charge in [-0.3, -0.25) is 4.79 Å². The predicted molar refractivity (Wildman–Crippen MR) is 90.7 cm³/mol. The molecular formula is C19H20N2O. The maximum Gasteiger partial charge on any atom is 0.246 e. The Morgan fingerprint density at radius 3 is 2.05 bits per heavy atom. The summed E-state index contributed by atoms with van der Waals surface area (Å²) in [4.78, 5) is 16.5. The summed E-state index contributed by atoms with van der Waals surface area (Å²) in [6.45, 7) is 3.31. The van der Waals surface area contributed by atoms with Gasteiger partial charge < -0.3 is 9.80 Å². The highest BCUT2D eigenvalue weighted by Gasteiger charge is 2.19. The monoisotopic (exact) mass is 292 g/mol. The minimum absolute atomic E-state index is 0.0940. The average Bonchev–Trinajstić information content (AvgIpc) is 2.61. The molecule has 0 N–H and O–H groups in total. The molecule has 1 aliphatic heterocycles. The van der Waals surface area contributed by atoms with E-state index in [1.54, 1.807) is 6.08 Å². The van der Waals surface area contributed by atoms with Gasteiger partial charge in [0, 0.05) is 37.9 Å². The number of piperazine rings is 1. The Hall–Kier alpha value is -2.55. The summed E-state index contributed by atoms with van der Waals surface area (Å²) < 4.78 is 0. The largest absolute Gasteiger partial charge is 0.368 e. The van der Waals surface area contributed by atoms with Crippen LogP contribution in [0.3, 0.4) is 0 Å². The van der Waals surface area contributed by atoms with Crippen LogP contribution >= 0.6 is 0 Å². The summed E-state index contributed by atoms with van der Waals surface area (Å²) in [6.07, 6.45) is 3.55. The van der Waals surface area contributed by atoms with E-state index < -0.39 is 0 Å². The molecular weight excluding hydrogens is 272 g/mol. The first kappa shape index (κ1) is 14.4. The zero-order valence-electron chi connectivity index (χ0n) is 12.6. The van der Waals surface area contributed by atoms with Crippen molar-refractivity contribution in [3.63, 3.8) is 0 Å². The molecule has 1 aliphatic rings. The van der Waals surface area contributed by atoms with E-state index >= 15 is 0 Å². The molecule has 1 heterocycles. The average molecular weight is 292 g/mol. The smallest absolute Gasteiger partial charge is 0.246 e. The summed E-state index contributed by atoms with van der Waals surface area (Å²) >= 11 is 0. The van der Waals surface area contributed by atoms with Crippen molar-refractivity contribution in [3.05, 3.63) is 72.3 Å². The molecule has 112 valence electrons. The van der Waals surface area contributed by atoms with Crippen LogP contribution in [0, 0.1) is 0 Å². The molecule has 0 saturated carbocycles. The number of hydrogen-bond acceptors (Lipinski definition) is 2. The summed E-state index contributed by atoms with van der Waals surface area (Å²) in [5.41, 5.74) is 2.29. The van der Waals surface area contributed by atoms with Gasteiger partial charge >= 0.3 is 0 Å². The first-order valence-corrected chi connectivity index (χ1v) is 7.65. The number of nitrogens with zero attached hydrogens (tertiary/aromatic N) is 2. The third-order valence-corrected chi connectivity index (χ3v) is 3.93. The SMILES string of the molecule is O=C(/C=C/c1ccccc1)N1CCN(c2ccccc2)CC1. The lowest BCUT2D eigenvalue weighted by atomic mass is 10.2. The molecule has 0 spiro atoms. The fraction of sp³-hybridized carbons (Fsp3) is 0.211. The Balaban J connectivity index is 1.55. The van der Waals surface area contributed by atoms with E-state index in [0.717, 1.165) is 31.7 Å². The van der Waals surface area contributed by atoms with Gasteiger partial charge in [0.15, 0.2) is 0 Å². The van der Waals surface area contributed by atoms with Crippen molar-refractivity contribution in [2.24, 2.45) is 0 Å². The summed E-state index contributed by atoms with van der Waals surface area (Å²) in [5.74, 6) is 0.0940. The molecule has 0 atom stereocenters. The van der Waals surface area contributed by atoms with Crippen molar-refractivity contribution >= 4 is 17.7 Å². The van der Waals surface area contributed by atoms with Crippen molar-refractivity contribution in [1.29, 1.82) is 0 Å². The molecule has 0 radical (unpaired) electrons. The molecule has 3 nitrogen and oxygen atoms in total. The summed E-state index contributed by atoms with van der Waals surface area (Å²) in [5, 5.41) is 0. The summed E-state index contributed by atoms with van der Waals surface area (Å²) in [7, 11) is 0. The summed E-state index contributed by atoms with van der Waals surface area (Å²) in [6, 6.07) is 20.3. The first-order chi connectivity index (χ1) is 10.8. The highest BCUT2D eigenvalue weighted by atomic mass is 16.2. The van der Waals surface area contributed by atoms with E-state index in [0.29, 0.717) is 0 Å². The highest BCUT2D eigenvalue weighted by molar-refractivity contribution is 5.91. The van der Waals surface area contributed by atoms with Gasteiger partial charge in [-0.15, -0.1) is 0 Å². The van der Waals surface area contributed by atoms with Crippen molar-refractivity contribution in [2.75, 3.05) is 31.1 Å². The number of carbonyl (C=O) groups excluding carboxylic acids is 1. The van der Waals surface area contributed by atoms with Crippen LogP contribution in [0.25, 0.3) is 6.08 Å². The predicted octanol–water partition coefficient (Wildman–Crippen LogP) is 3.05. The highest BCUT2D eigenvalue weighted by Crippen LogP contribution is 2.15. The van der Waals surface area contributed by atoms with Crippen LogP contribution in [0.5, 0.6) is 0 Å². The van der Waals surface area contributed by atoms with Gasteiger partial charge in [0.25, 0.3) is 0 Å². The lowest BCUT2D eigenvalue weighted by Crippen LogP contribution is -2.48. The Kier molecular flexibility index (Phi) is 4.54. The molecule has 2 aromatic carbocycles. The van der Waals surface area contributed by atoms with Crippen LogP contribution < -0.4 is 4.90 Å². The Labute approximate surface area is 131 Å². The molecule has 1 fully saturated rings. The molecule has 0 aromatic heterocycles. The molecule has 1 amide bonds. The second-order valence-electron chi connectivity index (χ2n) is 5.39. The van der Waals surface area contributed by atoms with Crippen molar-refractivity contribution in [2.45, 2.75) is 0 Å². The fourth-order valence-corrected chi connectivity index (χ4v) is 2.66. The number of benzene rings is 2. The molecule has 0 aliphatic carbocycles. The van der Waals surface area contributed by atoms with Gasteiger partial charge in [-0.2, -0.15) is 0 Å². The second-order valence-corrected chi connectivity index (χ2v) is 5.39. The van der Waals surface area contributed by atoms with E-state index in [2.05, 4.69) is 29.2 Å². The Bertz CT molecular complexity index is 629. The number of hydrogen-bond donors (Lipinski definition) is 0. The van der Waals surface area contributed by atoms with E-state index in [4.69, 9.17) is 0 Å². The number of amides is 1. The zero-order chi connectivity index (χ0) is 15.2. The standard InChI is InChI=1S/C19H20N2O/c22-19(12-11-17-7-3-1-4-8-17)21-15-13-20(14-16-21)18-9-5-2-6-10-18/h1-12H,13-16H2/b12-11+.